The largest absolute Gasteiger partial charge is 0.497 e. The molecule has 5 rings (SSSR count). The Hall–Kier alpha value is -4.13. The van der Waals surface area contributed by atoms with Gasteiger partial charge in [0.15, 0.2) is 0 Å². The quantitative estimate of drug-likeness (QED) is 0.423. The molecule has 154 valence electrons. The van der Waals surface area contributed by atoms with Crippen LogP contribution in [0.15, 0.2) is 65.2 Å². The molecule has 1 N–H and O–H groups in total. The minimum atomic E-state index is 0.393. The number of imidazole rings is 1. The molecular weight excluding hydrogens is 392 g/mol. The van der Waals surface area contributed by atoms with Crippen LogP contribution in [0.1, 0.15) is 5.56 Å². The van der Waals surface area contributed by atoms with Crippen molar-refractivity contribution in [1.82, 2.24) is 20.1 Å². The summed E-state index contributed by atoms with van der Waals surface area (Å²) in [5.41, 5.74) is 5.72. The lowest BCUT2D eigenvalue weighted by molar-refractivity contribution is 0.393. The number of aromatic nitrogens is 4. The van der Waals surface area contributed by atoms with Crippen molar-refractivity contribution in [3.8, 4) is 45.7 Å². The van der Waals surface area contributed by atoms with Gasteiger partial charge in [-0.15, -0.1) is 0 Å². The Morgan fingerprint density at radius 1 is 0.774 bits per heavy atom. The standard InChI is InChI=1S/C24H20N4O3/c1-14-4-9-20-21(10-14)26-22(25-20)15-5-7-16(8-6-15)23-27-24(31-28-23)17-11-18(29-2)13-19(12-17)30-3/h4-13H,1-3H3,(H,25,26). The molecule has 0 aliphatic rings. The van der Waals surface area contributed by atoms with Gasteiger partial charge in [-0.25, -0.2) is 4.98 Å². The van der Waals surface area contributed by atoms with Crippen LogP contribution in [0.4, 0.5) is 0 Å². The maximum atomic E-state index is 5.48. The monoisotopic (exact) mass is 412 g/mol. The van der Waals surface area contributed by atoms with Crippen molar-refractivity contribution in [1.29, 1.82) is 0 Å². The zero-order valence-electron chi connectivity index (χ0n) is 17.3. The summed E-state index contributed by atoms with van der Waals surface area (Å²) in [4.78, 5) is 12.6. The first-order valence-electron chi connectivity index (χ1n) is 9.77. The van der Waals surface area contributed by atoms with E-state index in [1.54, 1.807) is 20.3 Å². The van der Waals surface area contributed by atoms with Gasteiger partial charge in [0.2, 0.25) is 5.82 Å². The molecule has 0 saturated carbocycles. The molecule has 0 aliphatic heterocycles. The second kappa shape index (κ2) is 7.60. The first-order valence-corrected chi connectivity index (χ1v) is 9.77. The zero-order chi connectivity index (χ0) is 21.4. The normalized spacial score (nSPS) is 11.1. The summed E-state index contributed by atoms with van der Waals surface area (Å²) in [6.45, 7) is 2.07. The molecule has 0 amide bonds. The van der Waals surface area contributed by atoms with E-state index in [1.165, 1.54) is 5.56 Å². The Balaban J connectivity index is 1.43. The van der Waals surface area contributed by atoms with E-state index in [1.807, 2.05) is 42.5 Å². The minimum Gasteiger partial charge on any atom is -0.497 e. The van der Waals surface area contributed by atoms with E-state index in [4.69, 9.17) is 14.0 Å². The van der Waals surface area contributed by atoms with Crippen LogP contribution < -0.4 is 9.47 Å². The molecule has 31 heavy (non-hydrogen) atoms. The van der Waals surface area contributed by atoms with Crippen LogP contribution >= 0.6 is 0 Å². The lowest BCUT2D eigenvalue weighted by atomic mass is 10.1. The number of benzene rings is 3. The Morgan fingerprint density at radius 3 is 2.19 bits per heavy atom. The highest BCUT2D eigenvalue weighted by atomic mass is 16.5. The Morgan fingerprint density at radius 2 is 1.48 bits per heavy atom. The summed E-state index contributed by atoms with van der Waals surface area (Å²) in [5.74, 6) is 3.02. The van der Waals surface area contributed by atoms with E-state index in [2.05, 4.69) is 39.2 Å². The van der Waals surface area contributed by atoms with Gasteiger partial charge in [-0.05, 0) is 36.8 Å². The number of aryl methyl sites for hydroxylation is 1. The summed E-state index contributed by atoms with van der Waals surface area (Å²) in [7, 11) is 3.20. The molecule has 0 atom stereocenters. The number of hydrogen-bond acceptors (Lipinski definition) is 6. The second-order valence-electron chi connectivity index (χ2n) is 7.21. The molecule has 0 aliphatic carbocycles. The molecule has 0 fully saturated rings. The summed E-state index contributed by atoms with van der Waals surface area (Å²) in [6.07, 6.45) is 0. The molecular formula is C24H20N4O3. The van der Waals surface area contributed by atoms with Crippen molar-refractivity contribution in [3.63, 3.8) is 0 Å². The number of methoxy groups -OCH3 is 2. The molecule has 2 heterocycles. The molecule has 7 heteroatoms. The number of hydrogen-bond donors (Lipinski definition) is 1. The van der Waals surface area contributed by atoms with Gasteiger partial charge in [-0.1, -0.05) is 35.5 Å². The minimum absolute atomic E-state index is 0.393. The van der Waals surface area contributed by atoms with Gasteiger partial charge in [0.1, 0.15) is 17.3 Å². The molecule has 7 nitrogen and oxygen atoms in total. The Kier molecular flexibility index (Phi) is 4.63. The van der Waals surface area contributed by atoms with Gasteiger partial charge in [0, 0.05) is 22.8 Å². The fourth-order valence-corrected chi connectivity index (χ4v) is 3.43. The van der Waals surface area contributed by atoms with Gasteiger partial charge >= 0.3 is 0 Å². The lowest BCUT2D eigenvalue weighted by Gasteiger charge is -2.05. The average molecular weight is 412 g/mol. The van der Waals surface area contributed by atoms with Gasteiger partial charge in [-0.3, -0.25) is 0 Å². The summed E-state index contributed by atoms with van der Waals surface area (Å²) in [6, 6.07) is 19.5. The highest BCUT2D eigenvalue weighted by Gasteiger charge is 2.14. The van der Waals surface area contributed by atoms with Crippen LogP contribution in [0.2, 0.25) is 0 Å². The van der Waals surface area contributed by atoms with Crippen molar-refractivity contribution in [3.05, 3.63) is 66.2 Å². The van der Waals surface area contributed by atoms with Gasteiger partial charge in [-0.2, -0.15) is 4.98 Å². The smallest absolute Gasteiger partial charge is 0.258 e. The van der Waals surface area contributed by atoms with E-state index >= 15 is 0 Å². The third kappa shape index (κ3) is 3.61. The van der Waals surface area contributed by atoms with Crippen LogP contribution in [0.5, 0.6) is 11.5 Å². The van der Waals surface area contributed by atoms with Crippen molar-refractivity contribution >= 4 is 11.0 Å². The second-order valence-corrected chi connectivity index (χ2v) is 7.21. The summed E-state index contributed by atoms with van der Waals surface area (Å²) < 4.78 is 16.1. The Bertz CT molecular complexity index is 1350. The molecule has 3 aromatic carbocycles. The van der Waals surface area contributed by atoms with E-state index < -0.39 is 0 Å². The number of aromatic amines is 1. The number of ether oxygens (including phenoxy) is 2. The number of H-pyrrole nitrogens is 1. The van der Waals surface area contributed by atoms with Crippen LogP contribution in [0.25, 0.3) is 45.3 Å². The van der Waals surface area contributed by atoms with Gasteiger partial charge in [0.25, 0.3) is 5.89 Å². The van der Waals surface area contributed by atoms with Crippen molar-refractivity contribution in [2.45, 2.75) is 6.92 Å². The molecule has 5 aromatic rings. The maximum absolute atomic E-state index is 5.48. The molecule has 0 spiro atoms. The first kappa shape index (κ1) is 18.9. The third-order valence-corrected chi connectivity index (χ3v) is 5.08. The van der Waals surface area contributed by atoms with Crippen LogP contribution in [0.3, 0.4) is 0 Å². The SMILES string of the molecule is COc1cc(OC)cc(-c2nc(-c3ccc(-c4nc5ccc(C)cc5[nH]4)cc3)no2)c1. The van der Waals surface area contributed by atoms with Crippen molar-refractivity contribution in [2.75, 3.05) is 14.2 Å². The number of nitrogens with zero attached hydrogens (tertiary/aromatic N) is 3. The molecule has 0 radical (unpaired) electrons. The highest BCUT2D eigenvalue weighted by Crippen LogP contribution is 2.30. The lowest BCUT2D eigenvalue weighted by Crippen LogP contribution is -1.89. The van der Waals surface area contributed by atoms with Crippen LogP contribution in [-0.4, -0.2) is 34.3 Å². The molecule has 0 bridgehead atoms. The van der Waals surface area contributed by atoms with E-state index in [-0.39, 0.29) is 0 Å². The highest BCUT2D eigenvalue weighted by molar-refractivity contribution is 5.80. The molecule has 0 unspecified atom stereocenters. The van der Waals surface area contributed by atoms with Crippen LogP contribution in [0, 0.1) is 6.92 Å². The Labute approximate surface area is 178 Å². The van der Waals surface area contributed by atoms with Crippen LogP contribution in [-0.2, 0) is 0 Å². The predicted octanol–water partition coefficient (Wildman–Crippen LogP) is 5.27. The molecule has 0 saturated heterocycles. The van der Waals surface area contributed by atoms with Gasteiger partial charge < -0.3 is 19.0 Å². The summed E-state index contributed by atoms with van der Waals surface area (Å²) in [5, 5.41) is 4.13. The number of rotatable bonds is 5. The molecule has 2 aromatic heterocycles. The number of nitrogens with one attached hydrogen (secondary N) is 1. The fourth-order valence-electron chi connectivity index (χ4n) is 3.43. The third-order valence-electron chi connectivity index (χ3n) is 5.08. The van der Waals surface area contributed by atoms with E-state index in [0.29, 0.717) is 23.2 Å². The predicted molar refractivity (Wildman–Crippen MR) is 118 cm³/mol. The maximum Gasteiger partial charge on any atom is 0.258 e. The topological polar surface area (TPSA) is 86.1 Å². The fraction of sp³-hybridized carbons (Fsp3) is 0.125. The first-order chi connectivity index (χ1) is 15.1. The van der Waals surface area contributed by atoms with E-state index in [9.17, 15) is 0 Å². The van der Waals surface area contributed by atoms with E-state index in [0.717, 1.165) is 33.5 Å². The summed E-state index contributed by atoms with van der Waals surface area (Å²) >= 11 is 0. The van der Waals surface area contributed by atoms with Crippen molar-refractivity contribution in [2.24, 2.45) is 0 Å². The number of fused-ring (bicyclic) bond motifs is 1. The van der Waals surface area contributed by atoms with Gasteiger partial charge in [0.05, 0.1) is 25.3 Å². The van der Waals surface area contributed by atoms with Crippen molar-refractivity contribution < 1.29 is 14.0 Å². The zero-order valence-corrected chi connectivity index (χ0v) is 17.3. The average Bonchev–Trinajstić information content (AvgIpc) is 3.46.